The molecule has 2 aromatic rings. The molecule has 0 saturated heterocycles. The Morgan fingerprint density at radius 1 is 1.19 bits per heavy atom. The van der Waals surface area contributed by atoms with Crippen LogP contribution in [0.4, 0.5) is 16.3 Å². The number of aromatic nitrogens is 1. The van der Waals surface area contributed by atoms with E-state index in [1.165, 1.54) is 11.9 Å². The number of urea groups is 1. The van der Waals surface area contributed by atoms with Crippen molar-refractivity contribution in [1.29, 1.82) is 0 Å². The molecule has 0 atom stereocenters. The van der Waals surface area contributed by atoms with Gasteiger partial charge in [0.25, 0.3) is 5.91 Å². The number of hydrogen-bond acceptors (Lipinski definition) is 5. The molecule has 4 amide bonds. The average Bonchev–Trinajstić information content (AvgIpc) is 3.34. The third-order valence-corrected chi connectivity index (χ3v) is 3.93. The van der Waals surface area contributed by atoms with Crippen LogP contribution < -0.4 is 16.0 Å². The molecule has 1 aromatic heterocycles. The van der Waals surface area contributed by atoms with Crippen molar-refractivity contribution in [3.05, 3.63) is 41.7 Å². The summed E-state index contributed by atoms with van der Waals surface area (Å²) in [7, 11) is 1.53. The summed E-state index contributed by atoms with van der Waals surface area (Å²) in [5, 5.41) is 11.8. The summed E-state index contributed by atoms with van der Waals surface area (Å²) < 4.78 is 4.87. The van der Waals surface area contributed by atoms with Gasteiger partial charge in [0, 0.05) is 30.4 Å². The summed E-state index contributed by atoms with van der Waals surface area (Å²) >= 11 is 0. The number of nitrogens with one attached hydrogen (secondary N) is 3. The fourth-order valence-electron chi connectivity index (χ4n) is 2.39. The minimum atomic E-state index is -0.380. The Balaban J connectivity index is 1.51. The first-order chi connectivity index (χ1) is 12.9. The van der Waals surface area contributed by atoms with Gasteiger partial charge >= 0.3 is 6.03 Å². The van der Waals surface area contributed by atoms with Crippen molar-refractivity contribution in [3.8, 4) is 0 Å². The van der Waals surface area contributed by atoms with Crippen LogP contribution in [-0.2, 0) is 4.79 Å². The molecule has 0 radical (unpaired) electrons. The lowest BCUT2D eigenvalue weighted by Crippen LogP contribution is -2.35. The SMILES string of the molecule is Cc1cc(NC(=O)CN(C)C(=O)c2ccc(NC(=O)NC3CC3)cc2)no1. The predicted molar refractivity (Wildman–Crippen MR) is 98.4 cm³/mol. The smallest absolute Gasteiger partial charge is 0.319 e. The highest BCUT2D eigenvalue weighted by molar-refractivity contribution is 5.99. The first-order valence-electron chi connectivity index (χ1n) is 8.57. The van der Waals surface area contributed by atoms with E-state index in [0.717, 1.165) is 12.8 Å². The summed E-state index contributed by atoms with van der Waals surface area (Å²) in [5.74, 6) is 0.192. The van der Waals surface area contributed by atoms with E-state index in [4.69, 9.17) is 4.52 Å². The van der Waals surface area contributed by atoms with Crippen molar-refractivity contribution >= 4 is 29.4 Å². The van der Waals surface area contributed by atoms with Crippen LogP contribution in [0.25, 0.3) is 0 Å². The summed E-state index contributed by atoms with van der Waals surface area (Å²) in [6.45, 7) is 1.58. The second-order valence-corrected chi connectivity index (χ2v) is 6.48. The number of carbonyl (C=O) groups is 3. The molecule has 1 heterocycles. The molecule has 1 aromatic carbocycles. The molecule has 1 saturated carbocycles. The van der Waals surface area contributed by atoms with Gasteiger partial charge in [-0.3, -0.25) is 9.59 Å². The second kappa shape index (κ2) is 7.90. The van der Waals surface area contributed by atoms with Gasteiger partial charge in [-0.05, 0) is 44.0 Å². The zero-order valence-corrected chi connectivity index (χ0v) is 15.1. The number of likely N-dealkylation sites (N-methyl/N-ethyl adjacent to an activating group) is 1. The van der Waals surface area contributed by atoms with E-state index in [0.29, 0.717) is 22.8 Å². The Morgan fingerprint density at radius 3 is 2.48 bits per heavy atom. The monoisotopic (exact) mass is 371 g/mol. The van der Waals surface area contributed by atoms with Crippen molar-refractivity contribution < 1.29 is 18.9 Å². The van der Waals surface area contributed by atoms with Gasteiger partial charge in [-0.15, -0.1) is 0 Å². The zero-order valence-electron chi connectivity index (χ0n) is 15.1. The number of anilines is 2. The normalized spacial score (nSPS) is 13.0. The predicted octanol–water partition coefficient (Wildman–Crippen LogP) is 1.98. The number of benzene rings is 1. The highest BCUT2D eigenvalue weighted by Gasteiger charge is 2.23. The van der Waals surface area contributed by atoms with E-state index >= 15 is 0 Å². The Bertz CT molecular complexity index is 842. The summed E-state index contributed by atoms with van der Waals surface area (Å²) in [6, 6.07) is 8.09. The quantitative estimate of drug-likeness (QED) is 0.718. The molecule has 0 aliphatic heterocycles. The van der Waals surface area contributed by atoms with Gasteiger partial charge in [0.15, 0.2) is 5.82 Å². The molecule has 9 nitrogen and oxygen atoms in total. The minimum Gasteiger partial charge on any atom is -0.360 e. The summed E-state index contributed by atoms with van der Waals surface area (Å²) in [6.07, 6.45) is 2.02. The molecule has 0 unspecified atom stereocenters. The lowest BCUT2D eigenvalue weighted by Gasteiger charge is -2.16. The van der Waals surface area contributed by atoms with Crippen LogP contribution >= 0.6 is 0 Å². The van der Waals surface area contributed by atoms with Gasteiger partial charge in [-0.1, -0.05) is 5.16 Å². The second-order valence-electron chi connectivity index (χ2n) is 6.48. The van der Waals surface area contributed by atoms with E-state index in [9.17, 15) is 14.4 Å². The number of amides is 4. The van der Waals surface area contributed by atoms with Crippen LogP contribution in [0.5, 0.6) is 0 Å². The first-order valence-corrected chi connectivity index (χ1v) is 8.57. The van der Waals surface area contributed by atoms with Crippen LogP contribution in [0.3, 0.4) is 0 Å². The third kappa shape index (κ3) is 5.30. The molecule has 1 aliphatic carbocycles. The van der Waals surface area contributed by atoms with Crippen LogP contribution in [0.15, 0.2) is 34.9 Å². The highest BCUT2D eigenvalue weighted by Crippen LogP contribution is 2.19. The molecule has 27 heavy (non-hydrogen) atoms. The number of rotatable bonds is 6. The molecule has 1 aliphatic rings. The molecule has 0 bridgehead atoms. The maximum atomic E-state index is 12.4. The fourth-order valence-corrected chi connectivity index (χ4v) is 2.39. The lowest BCUT2D eigenvalue weighted by molar-refractivity contribution is -0.116. The maximum Gasteiger partial charge on any atom is 0.319 e. The summed E-state index contributed by atoms with van der Waals surface area (Å²) in [4.78, 5) is 37.4. The van der Waals surface area contributed by atoms with Crippen molar-refractivity contribution in [2.45, 2.75) is 25.8 Å². The van der Waals surface area contributed by atoms with E-state index in [-0.39, 0.29) is 30.4 Å². The van der Waals surface area contributed by atoms with Gasteiger partial charge < -0.3 is 25.4 Å². The number of hydrogen-bond donors (Lipinski definition) is 3. The zero-order chi connectivity index (χ0) is 19.4. The van der Waals surface area contributed by atoms with Gasteiger partial charge in [0.05, 0.1) is 6.54 Å². The average molecular weight is 371 g/mol. The molecule has 1 fully saturated rings. The van der Waals surface area contributed by atoms with E-state index in [2.05, 4.69) is 21.1 Å². The molecule has 3 N–H and O–H groups in total. The minimum absolute atomic E-state index is 0.130. The lowest BCUT2D eigenvalue weighted by atomic mass is 10.2. The van der Waals surface area contributed by atoms with Crippen LogP contribution in [0.2, 0.25) is 0 Å². The third-order valence-electron chi connectivity index (χ3n) is 3.93. The Morgan fingerprint density at radius 2 is 1.89 bits per heavy atom. The fraction of sp³-hybridized carbons (Fsp3) is 0.333. The van der Waals surface area contributed by atoms with Crippen LogP contribution in [0, 0.1) is 6.92 Å². The highest BCUT2D eigenvalue weighted by atomic mass is 16.5. The Labute approximate surface area is 156 Å². The standard InChI is InChI=1S/C18H21N5O4/c1-11-9-15(22-27-11)21-16(24)10-23(2)17(25)12-3-5-13(6-4-12)19-18(26)20-14-7-8-14/h3-6,9,14H,7-8,10H2,1-2H3,(H2,19,20,26)(H,21,22,24). The van der Waals surface area contributed by atoms with Crippen LogP contribution in [-0.4, -0.2) is 47.5 Å². The molecular formula is C18H21N5O4. The molecule has 3 rings (SSSR count). The van der Waals surface area contributed by atoms with Crippen molar-refractivity contribution in [2.24, 2.45) is 0 Å². The van der Waals surface area contributed by atoms with Gasteiger partial charge in [-0.2, -0.15) is 0 Å². The van der Waals surface area contributed by atoms with E-state index < -0.39 is 0 Å². The molecule has 0 spiro atoms. The van der Waals surface area contributed by atoms with Crippen LogP contribution in [0.1, 0.15) is 29.0 Å². The number of nitrogens with zero attached hydrogens (tertiary/aromatic N) is 2. The van der Waals surface area contributed by atoms with E-state index in [1.54, 1.807) is 37.3 Å². The Kier molecular flexibility index (Phi) is 5.39. The molecule has 9 heteroatoms. The first kappa shape index (κ1) is 18.4. The Hall–Kier alpha value is -3.36. The maximum absolute atomic E-state index is 12.4. The number of aryl methyl sites for hydroxylation is 1. The van der Waals surface area contributed by atoms with Gasteiger partial charge in [-0.25, -0.2) is 4.79 Å². The largest absolute Gasteiger partial charge is 0.360 e. The topological polar surface area (TPSA) is 117 Å². The number of carbonyl (C=O) groups excluding carboxylic acids is 3. The van der Waals surface area contributed by atoms with Crippen molar-refractivity contribution in [1.82, 2.24) is 15.4 Å². The van der Waals surface area contributed by atoms with Gasteiger partial charge in [0.1, 0.15) is 5.76 Å². The van der Waals surface area contributed by atoms with Gasteiger partial charge in [0.2, 0.25) is 5.91 Å². The van der Waals surface area contributed by atoms with Crippen molar-refractivity contribution in [3.63, 3.8) is 0 Å². The summed E-state index contributed by atoms with van der Waals surface area (Å²) in [5.41, 5.74) is 1.00. The molecule has 142 valence electrons. The van der Waals surface area contributed by atoms with E-state index in [1.807, 2.05) is 0 Å². The molecular weight excluding hydrogens is 350 g/mol. The van der Waals surface area contributed by atoms with Crippen molar-refractivity contribution in [2.75, 3.05) is 24.2 Å².